The molecule has 5 saturated heterocycles. The van der Waals surface area contributed by atoms with Gasteiger partial charge in [-0.3, -0.25) is 9.59 Å². The monoisotopic (exact) mass is 1100 g/mol. The molecule has 0 amide bonds. The number of phenols is 2. The maximum absolute atomic E-state index is 15.1. The number of methoxy groups -OCH3 is 2. The fraction of sp³-hybridized carbons (Fsp3) is 0.774. The van der Waals surface area contributed by atoms with E-state index >= 15 is 4.79 Å². The van der Waals surface area contributed by atoms with E-state index in [-0.39, 0.29) is 71.7 Å². The van der Waals surface area contributed by atoms with Gasteiger partial charge in [-0.1, -0.05) is 0 Å². The molecule has 0 aromatic heterocycles. The molecule has 0 radical (unpaired) electrons. The molecule has 24 nitrogen and oxygen atoms in total. The zero-order valence-electron chi connectivity index (χ0n) is 44.9. The summed E-state index contributed by atoms with van der Waals surface area (Å²) < 4.78 is 73.0. The van der Waals surface area contributed by atoms with Crippen molar-refractivity contribution >= 4 is 22.3 Å². The molecular formula is C53H78O24. The maximum atomic E-state index is 15.1. The van der Waals surface area contributed by atoms with Gasteiger partial charge in [0.1, 0.15) is 66.1 Å². The predicted molar refractivity (Wildman–Crippen MR) is 263 cm³/mol. The van der Waals surface area contributed by atoms with E-state index in [9.17, 15) is 55.9 Å². The normalized spacial score (nSPS) is 42.1. The minimum atomic E-state index is -1.94. The number of Topliss-reactive ketones (excluding diaryl/α,β-unsaturated/α-hetero) is 2. The molecule has 0 bridgehead atoms. The lowest BCUT2D eigenvalue weighted by molar-refractivity contribution is -0.334. The van der Waals surface area contributed by atoms with Crippen LogP contribution in [0.15, 0.2) is 12.1 Å². The third-order valence-corrected chi connectivity index (χ3v) is 16.1. The lowest BCUT2D eigenvalue weighted by Crippen LogP contribution is -2.58. The van der Waals surface area contributed by atoms with E-state index in [4.69, 9.17) is 56.8 Å². The average molecular weight is 1100 g/mol. The van der Waals surface area contributed by atoms with Gasteiger partial charge < -0.3 is 108 Å². The molecule has 8 rings (SSSR count). The summed E-state index contributed by atoms with van der Waals surface area (Å²) in [4.78, 5) is 29.0. The molecule has 5 heterocycles. The van der Waals surface area contributed by atoms with Gasteiger partial charge in [-0.15, -0.1) is 0 Å². The number of rotatable bonds is 16. The van der Waals surface area contributed by atoms with Gasteiger partial charge in [0.15, 0.2) is 36.7 Å². The summed E-state index contributed by atoms with van der Waals surface area (Å²) in [5, 5.41) is 110. The first-order valence-electron chi connectivity index (χ1n) is 26.4. The summed E-state index contributed by atoms with van der Waals surface area (Å²) in [5.74, 6) is -3.94. The van der Waals surface area contributed by atoms with Crippen molar-refractivity contribution in [1.82, 2.24) is 0 Å². The molecule has 25 atom stereocenters. The van der Waals surface area contributed by atoms with Crippen LogP contribution in [0.1, 0.15) is 102 Å². The number of aliphatic hydroxyl groups is 8. The van der Waals surface area contributed by atoms with Crippen LogP contribution in [-0.4, -0.2) is 224 Å². The largest absolute Gasteiger partial charge is 0.507 e. The summed E-state index contributed by atoms with van der Waals surface area (Å²) in [6, 6.07) is 3.09. The molecular weight excluding hydrogens is 1020 g/mol. The molecule has 5 fully saturated rings. The van der Waals surface area contributed by atoms with Gasteiger partial charge in [-0.05, 0) is 84.9 Å². The van der Waals surface area contributed by atoms with Crippen molar-refractivity contribution in [2.24, 2.45) is 5.92 Å². The Morgan fingerprint density at radius 3 is 1.81 bits per heavy atom. The molecule has 77 heavy (non-hydrogen) atoms. The third-order valence-electron chi connectivity index (χ3n) is 16.1. The van der Waals surface area contributed by atoms with Crippen molar-refractivity contribution < 1.29 is 117 Å². The first-order valence-corrected chi connectivity index (χ1v) is 26.4. The predicted octanol–water partition coefficient (Wildman–Crippen LogP) is 0.405. The highest BCUT2D eigenvalue weighted by atomic mass is 16.7. The van der Waals surface area contributed by atoms with Crippen LogP contribution < -0.4 is 4.74 Å². The molecule has 1 aliphatic carbocycles. The van der Waals surface area contributed by atoms with Gasteiger partial charge in [0.25, 0.3) is 0 Å². The SMILES string of the molecule is COC(C(=O)C(O)C(C)O)C1Cc2cc3cc(OC4CC(OC5CC(O)C(O)C(C)O5)C(OC)C(C)O4)c(C)c(O)c3c(O)c2C(=O)C1OC1CC(OC2CC(OC3CC(C)(O)C(O)C(C)O3)C(O)C(C)O2)C(O)C(C)O1. The van der Waals surface area contributed by atoms with Crippen LogP contribution in [-0.2, 0) is 63.3 Å². The van der Waals surface area contributed by atoms with Crippen LogP contribution >= 0.6 is 0 Å². The smallest absolute Gasteiger partial charge is 0.202 e. The standard InChI is InChI=1S/C53H78O24/c1-19-30(73-36-17-33(49(66-9)24(6)71-36)76-34-14-29(55)43(58)21(3)68-34)13-27-11-26-12-28(50(67-10)48(63)42(57)20(2)54)51(47(62)40(26)46(61)39(27)41(19)56)77-37-16-31(44(59)23(5)70-37)74-35-15-32(45(60)22(4)69-35)75-38-18-53(8,65)52(64)25(7)72-38/h11,13,20-25,28-29,31-38,42-45,49-52,54-61,64-65H,12,14-18H2,1-10H3. The van der Waals surface area contributed by atoms with E-state index in [1.165, 1.54) is 28.1 Å². The molecule has 25 unspecified atom stereocenters. The Morgan fingerprint density at radius 1 is 0.701 bits per heavy atom. The topological polar surface area (TPSA) is 347 Å². The number of ketones is 2. The maximum Gasteiger partial charge on any atom is 0.202 e. The van der Waals surface area contributed by atoms with Crippen molar-refractivity contribution in [2.75, 3.05) is 14.2 Å². The van der Waals surface area contributed by atoms with Gasteiger partial charge in [0.05, 0.1) is 77.6 Å². The van der Waals surface area contributed by atoms with Crippen LogP contribution in [0.4, 0.5) is 0 Å². The fourth-order valence-electron chi connectivity index (χ4n) is 11.7. The Bertz CT molecular complexity index is 2370. The number of aromatic hydroxyl groups is 2. The first kappa shape index (κ1) is 59.8. The van der Waals surface area contributed by atoms with Gasteiger partial charge in [-0.25, -0.2) is 0 Å². The second kappa shape index (κ2) is 24.0. The van der Waals surface area contributed by atoms with Gasteiger partial charge in [-0.2, -0.15) is 0 Å². The van der Waals surface area contributed by atoms with Gasteiger partial charge in [0, 0.05) is 57.8 Å². The van der Waals surface area contributed by atoms with E-state index in [1.807, 2.05) is 0 Å². The van der Waals surface area contributed by atoms with Crippen LogP contribution in [0.25, 0.3) is 10.8 Å². The van der Waals surface area contributed by atoms with Gasteiger partial charge >= 0.3 is 0 Å². The lowest BCUT2D eigenvalue weighted by atomic mass is 9.75. The van der Waals surface area contributed by atoms with Crippen molar-refractivity contribution in [3.63, 3.8) is 0 Å². The summed E-state index contributed by atoms with van der Waals surface area (Å²) in [6.07, 6.45) is -25.4. The van der Waals surface area contributed by atoms with Crippen LogP contribution in [0.3, 0.4) is 0 Å². The highest BCUT2D eigenvalue weighted by Crippen LogP contribution is 2.48. The number of benzene rings is 2. The lowest BCUT2D eigenvalue weighted by Gasteiger charge is -2.46. The second-order valence-electron chi connectivity index (χ2n) is 21.9. The number of ether oxygens (including phenoxy) is 12. The Balaban J connectivity index is 1.05. The molecule has 5 aliphatic heterocycles. The molecule has 0 spiro atoms. The molecule has 6 aliphatic rings. The molecule has 434 valence electrons. The second-order valence-corrected chi connectivity index (χ2v) is 21.9. The fourth-order valence-corrected chi connectivity index (χ4v) is 11.7. The van der Waals surface area contributed by atoms with Crippen LogP contribution in [0.2, 0.25) is 0 Å². The van der Waals surface area contributed by atoms with Crippen LogP contribution in [0.5, 0.6) is 17.2 Å². The summed E-state index contributed by atoms with van der Waals surface area (Å²) in [7, 11) is 2.69. The van der Waals surface area contributed by atoms with Crippen molar-refractivity contribution in [3.05, 3.63) is 28.8 Å². The van der Waals surface area contributed by atoms with E-state index in [0.717, 1.165) is 0 Å². The zero-order valence-corrected chi connectivity index (χ0v) is 44.9. The van der Waals surface area contributed by atoms with Crippen LogP contribution in [0, 0.1) is 12.8 Å². The number of hydrogen-bond acceptors (Lipinski definition) is 24. The molecule has 2 aromatic carbocycles. The number of fused-ring (bicyclic) bond motifs is 2. The highest BCUT2D eigenvalue weighted by molar-refractivity contribution is 6.11. The average Bonchev–Trinajstić information content (AvgIpc) is 3.35. The number of carbonyl (C=O) groups excluding carboxylic acids is 2. The van der Waals surface area contributed by atoms with Crippen molar-refractivity contribution in [3.8, 4) is 17.2 Å². The van der Waals surface area contributed by atoms with E-state index < -0.39 is 176 Å². The Labute approximate surface area is 445 Å². The van der Waals surface area contributed by atoms with Crippen molar-refractivity contribution in [2.45, 2.75) is 241 Å². The summed E-state index contributed by atoms with van der Waals surface area (Å²) in [5.41, 5.74) is -1.40. The Hall–Kier alpha value is -3.32. The van der Waals surface area contributed by atoms with Gasteiger partial charge in [0.2, 0.25) is 6.29 Å². The first-order chi connectivity index (χ1) is 36.2. The van der Waals surface area contributed by atoms with E-state index in [1.54, 1.807) is 53.7 Å². The zero-order chi connectivity index (χ0) is 56.3. The number of hydrogen-bond donors (Lipinski definition) is 10. The molecule has 0 saturated carbocycles. The Kier molecular flexibility index (Phi) is 18.7. The molecule has 2 aromatic rings. The summed E-state index contributed by atoms with van der Waals surface area (Å²) >= 11 is 0. The van der Waals surface area contributed by atoms with E-state index in [0.29, 0.717) is 0 Å². The molecule has 24 heteroatoms. The quantitative estimate of drug-likeness (QED) is 0.109. The number of phenolic OH excluding ortho intramolecular Hbond substituents is 2. The highest BCUT2D eigenvalue weighted by Gasteiger charge is 2.52. The number of aliphatic hydroxyl groups excluding tert-OH is 7. The third kappa shape index (κ3) is 12.3. The minimum absolute atomic E-state index is 0.00752. The molecule has 10 N–H and O–H groups in total. The minimum Gasteiger partial charge on any atom is -0.507 e. The van der Waals surface area contributed by atoms with Crippen molar-refractivity contribution in [1.29, 1.82) is 0 Å². The summed E-state index contributed by atoms with van der Waals surface area (Å²) in [6.45, 7) is 12.3. The number of carbonyl (C=O) groups is 2. The van der Waals surface area contributed by atoms with E-state index in [2.05, 4.69) is 0 Å². The Morgan fingerprint density at radius 2 is 1.23 bits per heavy atom.